The molecule has 0 aromatic heterocycles. The van der Waals surface area contributed by atoms with Crippen LogP contribution in [0.5, 0.6) is 0 Å². The molecule has 0 spiro atoms. The highest BCUT2D eigenvalue weighted by Crippen LogP contribution is 2.37. The first-order chi connectivity index (χ1) is 6.43. The molecule has 0 aliphatic rings. The number of hydrogen-bond donors (Lipinski definition) is 1. The predicted molar refractivity (Wildman–Crippen MR) is 58.8 cm³/mol. The third-order valence-corrected chi connectivity index (χ3v) is 3.41. The van der Waals surface area contributed by atoms with E-state index in [2.05, 4.69) is 13.0 Å². The van der Waals surface area contributed by atoms with Gasteiger partial charge in [0.1, 0.15) is 0 Å². The van der Waals surface area contributed by atoms with E-state index in [1.807, 2.05) is 13.8 Å². The zero-order valence-electron chi connectivity index (χ0n) is 9.93. The lowest BCUT2D eigenvalue weighted by molar-refractivity contribution is -0.0410. The van der Waals surface area contributed by atoms with Gasteiger partial charge in [0.15, 0.2) is 0 Å². The highest BCUT2D eigenvalue weighted by Gasteiger charge is 2.41. The van der Waals surface area contributed by atoms with Crippen LogP contribution in [-0.4, -0.2) is 10.7 Å². The molecular formula is C12H23NO. The average Bonchev–Trinajstić information content (AvgIpc) is 2.16. The lowest BCUT2D eigenvalue weighted by Gasteiger charge is -2.37. The summed E-state index contributed by atoms with van der Waals surface area (Å²) in [5, 5.41) is 19.3. The second-order valence-electron chi connectivity index (χ2n) is 4.53. The van der Waals surface area contributed by atoms with Crippen LogP contribution in [0, 0.1) is 16.7 Å². The van der Waals surface area contributed by atoms with Crippen LogP contribution in [0.15, 0.2) is 0 Å². The highest BCUT2D eigenvalue weighted by atomic mass is 16.3. The van der Waals surface area contributed by atoms with E-state index in [1.54, 1.807) is 6.92 Å². The number of nitriles is 1. The normalized spacial score (nSPS) is 19.4. The van der Waals surface area contributed by atoms with Gasteiger partial charge in [0.2, 0.25) is 0 Å². The summed E-state index contributed by atoms with van der Waals surface area (Å²) in [7, 11) is 0. The molecule has 0 bridgehead atoms. The maximum atomic E-state index is 10.2. The Hall–Kier alpha value is -0.550. The second-order valence-corrected chi connectivity index (χ2v) is 4.53. The Labute approximate surface area is 87.9 Å². The summed E-state index contributed by atoms with van der Waals surface area (Å²) in [6.45, 7) is 7.73. The zero-order chi connectivity index (χ0) is 11.2. The van der Waals surface area contributed by atoms with Gasteiger partial charge in [-0.1, -0.05) is 33.1 Å². The van der Waals surface area contributed by atoms with E-state index in [1.165, 1.54) is 0 Å². The van der Waals surface area contributed by atoms with Crippen molar-refractivity contribution in [2.24, 2.45) is 5.41 Å². The number of aliphatic hydroxyl groups is 1. The molecule has 0 saturated carbocycles. The third-order valence-electron chi connectivity index (χ3n) is 3.41. The topological polar surface area (TPSA) is 44.0 Å². The summed E-state index contributed by atoms with van der Waals surface area (Å²) in [5.41, 5.74) is -1.47. The fourth-order valence-electron chi connectivity index (χ4n) is 1.58. The Morgan fingerprint density at radius 2 is 1.79 bits per heavy atom. The summed E-state index contributed by atoms with van der Waals surface area (Å²) in [6.07, 6.45) is 4.69. The monoisotopic (exact) mass is 197 g/mol. The van der Waals surface area contributed by atoms with Gasteiger partial charge in [-0.3, -0.25) is 0 Å². The first kappa shape index (κ1) is 13.4. The van der Waals surface area contributed by atoms with Gasteiger partial charge in [0.05, 0.1) is 17.1 Å². The Morgan fingerprint density at radius 3 is 2.14 bits per heavy atom. The molecule has 2 nitrogen and oxygen atoms in total. The maximum Gasteiger partial charge on any atom is 0.0826 e. The zero-order valence-corrected chi connectivity index (χ0v) is 9.93. The SMILES string of the molecule is CCCCCC(C)(O)C(C)(C#N)CC. The van der Waals surface area contributed by atoms with Crippen molar-refractivity contribution in [3.05, 3.63) is 0 Å². The molecule has 82 valence electrons. The van der Waals surface area contributed by atoms with Crippen LogP contribution in [0.25, 0.3) is 0 Å². The third kappa shape index (κ3) is 2.99. The van der Waals surface area contributed by atoms with Crippen molar-refractivity contribution >= 4 is 0 Å². The van der Waals surface area contributed by atoms with Crippen molar-refractivity contribution < 1.29 is 5.11 Å². The van der Waals surface area contributed by atoms with Gasteiger partial charge < -0.3 is 5.11 Å². The van der Waals surface area contributed by atoms with Crippen molar-refractivity contribution in [2.75, 3.05) is 0 Å². The molecule has 2 atom stereocenters. The van der Waals surface area contributed by atoms with E-state index < -0.39 is 11.0 Å². The summed E-state index contributed by atoms with van der Waals surface area (Å²) in [6, 6.07) is 2.25. The smallest absolute Gasteiger partial charge is 0.0826 e. The summed E-state index contributed by atoms with van der Waals surface area (Å²) in [5.74, 6) is 0. The summed E-state index contributed by atoms with van der Waals surface area (Å²) in [4.78, 5) is 0. The van der Waals surface area contributed by atoms with Crippen LogP contribution in [0.2, 0.25) is 0 Å². The van der Waals surface area contributed by atoms with Gasteiger partial charge in [-0.05, 0) is 26.7 Å². The van der Waals surface area contributed by atoms with Crippen molar-refractivity contribution in [1.82, 2.24) is 0 Å². The molecule has 1 N–H and O–H groups in total. The molecular weight excluding hydrogens is 174 g/mol. The van der Waals surface area contributed by atoms with Gasteiger partial charge in [-0.25, -0.2) is 0 Å². The van der Waals surface area contributed by atoms with Crippen LogP contribution in [-0.2, 0) is 0 Å². The number of nitrogens with zero attached hydrogens (tertiary/aromatic N) is 1. The minimum Gasteiger partial charge on any atom is -0.389 e. The second kappa shape index (κ2) is 5.36. The van der Waals surface area contributed by atoms with Crippen LogP contribution in [0.1, 0.15) is 59.8 Å². The van der Waals surface area contributed by atoms with E-state index in [4.69, 9.17) is 5.26 Å². The molecule has 0 heterocycles. The Balaban J connectivity index is 4.36. The highest BCUT2D eigenvalue weighted by molar-refractivity contribution is 5.06. The van der Waals surface area contributed by atoms with E-state index in [0.717, 1.165) is 25.7 Å². The minimum absolute atomic E-state index is 0.610. The fraction of sp³-hybridized carbons (Fsp3) is 0.917. The molecule has 0 saturated heterocycles. The number of hydrogen-bond acceptors (Lipinski definition) is 2. The number of unbranched alkanes of at least 4 members (excludes halogenated alkanes) is 2. The standard InChI is InChI=1S/C12H23NO/c1-5-7-8-9-12(4,14)11(3,6-2)10-13/h14H,5-9H2,1-4H3. The molecule has 2 heteroatoms. The van der Waals surface area contributed by atoms with Crippen LogP contribution >= 0.6 is 0 Å². The minimum atomic E-state index is -0.855. The molecule has 0 aromatic carbocycles. The summed E-state index contributed by atoms with van der Waals surface area (Å²) < 4.78 is 0. The van der Waals surface area contributed by atoms with Gasteiger partial charge in [-0.15, -0.1) is 0 Å². The van der Waals surface area contributed by atoms with Gasteiger partial charge >= 0.3 is 0 Å². The molecule has 0 aromatic rings. The van der Waals surface area contributed by atoms with Crippen molar-refractivity contribution in [3.63, 3.8) is 0 Å². The first-order valence-corrected chi connectivity index (χ1v) is 5.57. The molecule has 0 aliphatic carbocycles. The molecule has 0 amide bonds. The Morgan fingerprint density at radius 1 is 1.21 bits per heavy atom. The maximum absolute atomic E-state index is 10.2. The van der Waals surface area contributed by atoms with E-state index >= 15 is 0 Å². The van der Waals surface area contributed by atoms with Crippen molar-refractivity contribution in [1.29, 1.82) is 5.26 Å². The van der Waals surface area contributed by atoms with Crippen LogP contribution in [0.4, 0.5) is 0 Å². The summed E-state index contributed by atoms with van der Waals surface area (Å²) >= 11 is 0. The molecule has 14 heavy (non-hydrogen) atoms. The fourth-order valence-corrected chi connectivity index (χ4v) is 1.58. The Bertz CT molecular complexity index is 205. The van der Waals surface area contributed by atoms with E-state index in [0.29, 0.717) is 6.42 Å². The van der Waals surface area contributed by atoms with E-state index in [-0.39, 0.29) is 0 Å². The number of rotatable bonds is 6. The Kier molecular flexibility index (Phi) is 5.15. The first-order valence-electron chi connectivity index (χ1n) is 5.57. The van der Waals surface area contributed by atoms with Crippen molar-refractivity contribution in [2.45, 2.75) is 65.4 Å². The predicted octanol–water partition coefficient (Wildman–Crippen LogP) is 3.26. The lowest BCUT2D eigenvalue weighted by Crippen LogP contribution is -2.42. The molecule has 2 unspecified atom stereocenters. The van der Waals surface area contributed by atoms with Gasteiger partial charge in [0, 0.05) is 0 Å². The quantitative estimate of drug-likeness (QED) is 0.664. The lowest BCUT2D eigenvalue weighted by atomic mass is 9.71. The molecule has 0 fully saturated rings. The molecule has 0 aliphatic heterocycles. The van der Waals surface area contributed by atoms with Crippen LogP contribution in [0.3, 0.4) is 0 Å². The largest absolute Gasteiger partial charge is 0.389 e. The molecule has 0 rings (SSSR count). The van der Waals surface area contributed by atoms with E-state index in [9.17, 15) is 5.11 Å². The van der Waals surface area contributed by atoms with Gasteiger partial charge in [-0.2, -0.15) is 5.26 Å². The molecule has 0 radical (unpaired) electrons. The average molecular weight is 197 g/mol. The van der Waals surface area contributed by atoms with Crippen LogP contribution < -0.4 is 0 Å². The van der Waals surface area contributed by atoms with Gasteiger partial charge in [0.25, 0.3) is 0 Å². The van der Waals surface area contributed by atoms with Crippen molar-refractivity contribution in [3.8, 4) is 6.07 Å².